The molecule has 1 aliphatic heterocycles. The Hall–Kier alpha value is -2.68. The van der Waals surface area contributed by atoms with Crippen LogP contribution >= 0.6 is 12.2 Å². The second-order valence-electron chi connectivity index (χ2n) is 15.8. The molecule has 4 bridgehead atoms. The molecule has 4 aliphatic carbocycles. The first kappa shape index (κ1) is 39.1. The van der Waals surface area contributed by atoms with E-state index in [9.17, 15) is 24.6 Å². The molecule has 1 unspecified atom stereocenters. The van der Waals surface area contributed by atoms with Gasteiger partial charge in [0.2, 0.25) is 0 Å². The van der Waals surface area contributed by atoms with Crippen LogP contribution in [-0.2, 0) is 20.8 Å². The number of anilines is 1. The van der Waals surface area contributed by atoms with E-state index < -0.39 is 17.9 Å². The normalized spacial score (nSPS) is 27.7. The first-order chi connectivity index (χ1) is 23.3. The number of hydrogen-bond donors (Lipinski definition) is 5. The molecule has 0 radical (unpaired) electrons. The van der Waals surface area contributed by atoms with Crippen LogP contribution in [0, 0.1) is 23.2 Å². The molecule has 1 saturated heterocycles. The molecule has 1 aromatic rings. The Balaban J connectivity index is 0.000000252. The van der Waals surface area contributed by atoms with E-state index in [-0.39, 0.29) is 25.7 Å². The number of nitrogens with zero attached hydrogens (tertiary/aromatic N) is 4. The first-order valence-electron chi connectivity index (χ1n) is 17.9. The highest BCUT2D eigenvalue weighted by Gasteiger charge is 2.53. The van der Waals surface area contributed by atoms with Crippen molar-refractivity contribution in [2.75, 3.05) is 98.5 Å². The van der Waals surface area contributed by atoms with E-state index in [2.05, 4.69) is 31.8 Å². The number of carboxylic acids is 3. The number of thiocarbonyl (C=S) groups is 1. The molecule has 0 aromatic heterocycles. The van der Waals surface area contributed by atoms with Crippen LogP contribution in [0.15, 0.2) is 24.3 Å². The van der Waals surface area contributed by atoms with Crippen LogP contribution < -0.4 is 10.6 Å². The SMILES string of the molecule is CNCC[N+](C)(C)CC12CC3CC(CC(C3)C1)C2.O=C(O)CN1CCN(CC(=O)O)CC(Cc2ccc(NC=S)cc2)N(CC(=O)O)CC1. The van der Waals surface area contributed by atoms with E-state index in [1.165, 1.54) is 23.1 Å². The number of carbonyl (C=O) groups is 3. The number of carboxylic acid groups (broad SMARTS) is 3. The fourth-order valence-electron chi connectivity index (χ4n) is 9.57. The maximum absolute atomic E-state index is 11.5. The van der Waals surface area contributed by atoms with E-state index in [1.807, 2.05) is 24.3 Å². The molecule has 1 atom stereocenters. The molecule has 49 heavy (non-hydrogen) atoms. The molecular weight excluding hydrogens is 644 g/mol. The zero-order valence-corrected chi connectivity index (χ0v) is 30.5. The van der Waals surface area contributed by atoms with Gasteiger partial charge < -0.3 is 30.4 Å². The highest BCUT2D eigenvalue weighted by Crippen LogP contribution is 2.60. The standard InChI is InChI=1S/C20H28N4O6S.C16H31N2/c25-18(26)11-22-5-6-23(12-19(27)28)10-17(24(8-7-22)13-20(29)30)9-15-1-3-16(4-2-15)21-14-31;1-17-4-5-18(2,3)12-16-9-13-6-14(10-16)8-15(7-13)11-16/h1-4,14,17H,5-13H2,(H,21,31)(H,25,26)(H,27,28)(H,29,30);13-15,17H,4-12H2,1-3H3/q;+1. The molecule has 274 valence electrons. The van der Waals surface area contributed by atoms with Gasteiger partial charge in [0.15, 0.2) is 0 Å². The van der Waals surface area contributed by atoms with Gasteiger partial charge in [0.1, 0.15) is 0 Å². The molecule has 0 spiro atoms. The molecule has 1 aromatic carbocycles. The number of likely N-dealkylation sites (N-methyl/N-ethyl adjacent to an activating group) is 2. The quantitative estimate of drug-likeness (QED) is 0.135. The average Bonchev–Trinajstić information content (AvgIpc) is 3.06. The lowest BCUT2D eigenvalue weighted by Gasteiger charge is -2.58. The maximum atomic E-state index is 11.5. The molecule has 5 aliphatic rings. The highest BCUT2D eigenvalue weighted by atomic mass is 32.1. The minimum Gasteiger partial charge on any atom is -0.480 e. The number of aliphatic carboxylic acids is 3. The molecule has 1 heterocycles. The molecule has 12 nitrogen and oxygen atoms in total. The van der Waals surface area contributed by atoms with Crippen molar-refractivity contribution >= 4 is 41.3 Å². The van der Waals surface area contributed by atoms with Gasteiger partial charge in [0.05, 0.1) is 52.3 Å². The predicted molar refractivity (Wildman–Crippen MR) is 195 cm³/mol. The fraction of sp³-hybridized carbons (Fsp3) is 0.722. The lowest BCUT2D eigenvalue weighted by atomic mass is 9.49. The number of nitrogens with one attached hydrogen (secondary N) is 2. The van der Waals surface area contributed by atoms with Crippen LogP contribution in [0.2, 0.25) is 0 Å². The Labute approximate surface area is 297 Å². The Kier molecular flexibility index (Phi) is 14.4. The van der Waals surface area contributed by atoms with E-state index >= 15 is 0 Å². The van der Waals surface area contributed by atoms with E-state index in [0.717, 1.165) is 41.0 Å². The largest absolute Gasteiger partial charge is 0.480 e. The van der Waals surface area contributed by atoms with Gasteiger partial charge in [0.25, 0.3) is 0 Å². The first-order valence-corrected chi connectivity index (χ1v) is 18.3. The fourth-order valence-corrected chi connectivity index (χ4v) is 9.71. The van der Waals surface area contributed by atoms with Gasteiger partial charge in [0, 0.05) is 56.4 Å². The van der Waals surface area contributed by atoms with Crippen LogP contribution in [0.3, 0.4) is 0 Å². The second kappa shape index (κ2) is 18.0. The number of benzene rings is 1. The number of rotatable bonds is 15. The van der Waals surface area contributed by atoms with Gasteiger partial charge in [-0.2, -0.15) is 0 Å². The minimum atomic E-state index is -0.987. The Bertz CT molecular complexity index is 1230. The van der Waals surface area contributed by atoms with Gasteiger partial charge in [-0.1, -0.05) is 24.4 Å². The summed E-state index contributed by atoms with van der Waals surface area (Å²) in [7, 11) is 6.95. The van der Waals surface area contributed by atoms with Crippen molar-refractivity contribution in [1.82, 2.24) is 20.0 Å². The van der Waals surface area contributed by atoms with Gasteiger partial charge >= 0.3 is 17.9 Å². The van der Waals surface area contributed by atoms with Crippen LogP contribution in [0.1, 0.15) is 44.1 Å². The number of hydrogen-bond acceptors (Lipinski definition) is 8. The molecule has 4 saturated carbocycles. The minimum absolute atomic E-state index is 0.180. The monoisotopic (exact) mass is 703 g/mol. The van der Waals surface area contributed by atoms with Crippen molar-refractivity contribution in [1.29, 1.82) is 0 Å². The van der Waals surface area contributed by atoms with Crippen LogP contribution in [0.4, 0.5) is 5.69 Å². The molecule has 5 fully saturated rings. The number of quaternary nitrogens is 1. The summed E-state index contributed by atoms with van der Waals surface area (Å²) in [6.07, 6.45) is 9.91. The maximum Gasteiger partial charge on any atom is 0.317 e. The van der Waals surface area contributed by atoms with Crippen LogP contribution in [0.25, 0.3) is 0 Å². The summed E-state index contributed by atoms with van der Waals surface area (Å²) in [6, 6.07) is 7.34. The van der Waals surface area contributed by atoms with Crippen molar-refractivity contribution in [2.24, 2.45) is 23.2 Å². The third-order valence-corrected chi connectivity index (χ3v) is 11.1. The predicted octanol–water partition coefficient (Wildman–Crippen LogP) is 2.64. The summed E-state index contributed by atoms with van der Waals surface area (Å²) in [5.74, 6) is 0.347. The van der Waals surface area contributed by atoms with Crippen LogP contribution in [0.5, 0.6) is 0 Å². The van der Waals surface area contributed by atoms with Crippen molar-refractivity contribution < 1.29 is 34.2 Å². The smallest absolute Gasteiger partial charge is 0.317 e. The summed E-state index contributed by atoms with van der Waals surface area (Å²) in [4.78, 5) is 39.3. The van der Waals surface area contributed by atoms with Crippen molar-refractivity contribution in [3.05, 3.63) is 29.8 Å². The van der Waals surface area contributed by atoms with Crippen molar-refractivity contribution in [3.8, 4) is 0 Å². The zero-order chi connectivity index (χ0) is 35.6. The lowest BCUT2D eigenvalue weighted by molar-refractivity contribution is -0.896. The van der Waals surface area contributed by atoms with E-state index in [1.54, 1.807) is 53.2 Å². The van der Waals surface area contributed by atoms with Gasteiger partial charge in [-0.15, -0.1) is 0 Å². The summed E-state index contributed by atoms with van der Waals surface area (Å²) in [5.41, 5.74) is 3.96. The molecule has 5 N–H and O–H groups in total. The van der Waals surface area contributed by atoms with Crippen molar-refractivity contribution in [2.45, 2.75) is 51.0 Å². The third kappa shape index (κ3) is 12.6. The summed E-state index contributed by atoms with van der Waals surface area (Å²) >= 11 is 4.78. The average molecular weight is 704 g/mol. The zero-order valence-electron chi connectivity index (χ0n) is 29.7. The Morgan fingerprint density at radius 3 is 1.92 bits per heavy atom. The summed E-state index contributed by atoms with van der Waals surface area (Å²) < 4.78 is 1.22. The van der Waals surface area contributed by atoms with Gasteiger partial charge in [-0.3, -0.25) is 29.1 Å². The topological polar surface area (TPSA) is 146 Å². The second-order valence-corrected chi connectivity index (χ2v) is 16.1. The molecule has 0 amide bonds. The lowest BCUT2D eigenvalue weighted by Crippen LogP contribution is -2.56. The Morgan fingerprint density at radius 1 is 0.857 bits per heavy atom. The van der Waals surface area contributed by atoms with E-state index in [0.29, 0.717) is 39.1 Å². The highest BCUT2D eigenvalue weighted by molar-refractivity contribution is 7.79. The molecular formula is C36H59N6O6S+. The Morgan fingerprint density at radius 2 is 1.39 bits per heavy atom. The molecule has 13 heteroatoms. The summed E-state index contributed by atoms with van der Waals surface area (Å²) in [5, 5.41) is 34.1. The van der Waals surface area contributed by atoms with Gasteiger partial charge in [-0.25, -0.2) is 0 Å². The van der Waals surface area contributed by atoms with Crippen LogP contribution in [-0.4, -0.2) is 157 Å². The summed E-state index contributed by atoms with van der Waals surface area (Å²) in [6.45, 7) is 5.16. The van der Waals surface area contributed by atoms with E-state index in [4.69, 9.17) is 17.3 Å². The van der Waals surface area contributed by atoms with Crippen molar-refractivity contribution in [3.63, 3.8) is 0 Å². The third-order valence-electron chi connectivity index (χ3n) is 11.0. The molecule has 6 rings (SSSR count). The van der Waals surface area contributed by atoms with Gasteiger partial charge in [-0.05, 0) is 87.4 Å².